The highest BCUT2D eigenvalue weighted by Crippen LogP contribution is 2.09. The molecule has 0 saturated carbocycles. The monoisotopic (exact) mass is 288 g/mol. The van der Waals surface area contributed by atoms with Crippen molar-refractivity contribution in [3.8, 4) is 5.75 Å². The Kier molecular flexibility index (Phi) is 4.55. The zero-order valence-corrected chi connectivity index (χ0v) is 11.8. The van der Waals surface area contributed by atoms with Crippen LogP contribution in [0.3, 0.4) is 0 Å². The van der Waals surface area contributed by atoms with Crippen LogP contribution in [0, 0.1) is 6.92 Å². The van der Waals surface area contributed by atoms with Crippen molar-refractivity contribution >= 4 is 12.1 Å². The van der Waals surface area contributed by atoms with Gasteiger partial charge < -0.3 is 9.84 Å². The van der Waals surface area contributed by atoms with Crippen molar-refractivity contribution in [2.24, 2.45) is 5.10 Å². The lowest BCUT2D eigenvalue weighted by molar-refractivity contribution is -0.120. The van der Waals surface area contributed by atoms with Gasteiger partial charge in [0.05, 0.1) is 19.7 Å². The molecule has 0 bridgehead atoms. The Morgan fingerprint density at radius 2 is 2.05 bits per heavy atom. The Bertz CT molecular complexity index is 698. The zero-order chi connectivity index (χ0) is 15.2. The lowest BCUT2D eigenvalue weighted by atomic mass is 10.2. The number of carbonyl (C=O) groups is 1. The fraction of sp³-hybridized carbons (Fsp3) is 0.214. The molecule has 7 nitrogen and oxygen atoms in total. The molecular formula is C14H16N4O3. The second-order valence-corrected chi connectivity index (χ2v) is 4.43. The molecule has 0 fully saturated rings. The van der Waals surface area contributed by atoms with E-state index in [1.54, 1.807) is 26.2 Å². The van der Waals surface area contributed by atoms with Gasteiger partial charge in [0.25, 0.3) is 5.56 Å². The van der Waals surface area contributed by atoms with Gasteiger partial charge in [0.15, 0.2) is 0 Å². The average molecular weight is 288 g/mol. The molecule has 0 spiro atoms. The first-order valence-electron chi connectivity index (χ1n) is 6.32. The third-order valence-electron chi connectivity index (χ3n) is 2.95. The first kappa shape index (κ1) is 14.6. The molecule has 0 aliphatic heterocycles. The van der Waals surface area contributed by atoms with Gasteiger partial charge >= 0.3 is 0 Å². The van der Waals surface area contributed by atoms with Gasteiger partial charge in [-0.25, -0.2) is 5.43 Å². The fourth-order valence-electron chi connectivity index (χ4n) is 1.75. The van der Waals surface area contributed by atoms with Crippen molar-refractivity contribution in [3.63, 3.8) is 0 Å². The van der Waals surface area contributed by atoms with Crippen LogP contribution in [0.2, 0.25) is 0 Å². The predicted octanol–water partition coefficient (Wildman–Crippen LogP) is 0.713. The molecule has 1 amide bonds. The molecule has 21 heavy (non-hydrogen) atoms. The lowest BCUT2D eigenvalue weighted by Gasteiger charge is -2.00. The maximum Gasteiger partial charge on any atom is 0.267 e. The van der Waals surface area contributed by atoms with Crippen LogP contribution in [0.15, 0.2) is 34.2 Å². The van der Waals surface area contributed by atoms with Crippen LogP contribution < -0.4 is 15.7 Å². The van der Waals surface area contributed by atoms with Gasteiger partial charge in [-0.1, -0.05) is 0 Å². The van der Waals surface area contributed by atoms with Crippen LogP contribution in [0.1, 0.15) is 16.8 Å². The van der Waals surface area contributed by atoms with Crippen LogP contribution in [-0.4, -0.2) is 29.4 Å². The summed E-state index contributed by atoms with van der Waals surface area (Å²) in [6, 6.07) is 7.22. The molecular weight excluding hydrogens is 272 g/mol. The summed E-state index contributed by atoms with van der Waals surface area (Å²) >= 11 is 0. The Hall–Kier alpha value is -2.83. The molecule has 1 aromatic heterocycles. The number of methoxy groups -OCH3 is 1. The molecule has 1 aromatic carbocycles. The zero-order valence-electron chi connectivity index (χ0n) is 11.8. The van der Waals surface area contributed by atoms with E-state index in [2.05, 4.69) is 20.7 Å². The van der Waals surface area contributed by atoms with Crippen molar-refractivity contribution < 1.29 is 9.53 Å². The molecule has 7 heteroatoms. The van der Waals surface area contributed by atoms with Gasteiger partial charge in [0.1, 0.15) is 5.75 Å². The number of aromatic amines is 2. The van der Waals surface area contributed by atoms with Crippen LogP contribution in [0.25, 0.3) is 0 Å². The molecule has 0 atom stereocenters. The molecule has 0 unspecified atom stereocenters. The highest BCUT2D eigenvalue weighted by atomic mass is 16.5. The number of hydrazone groups is 1. The Balaban J connectivity index is 1.91. The number of aromatic nitrogens is 2. The highest BCUT2D eigenvalue weighted by molar-refractivity contribution is 5.83. The number of benzene rings is 1. The van der Waals surface area contributed by atoms with E-state index in [9.17, 15) is 9.59 Å². The third kappa shape index (κ3) is 3.82. The summed E-state index contributed by atoms with van der Waals surface area (Å²) in [5, 5.41) is 8.94. The van der Waals surface area contributed by atoms with Gasteiger partial charge in [-0.3, -0.25) is 14.7 Å². The van der Waals surface area contributed by atoms with E-state index in [4.69, 9.17) is 4.74 Å². The van der Waals surface area contributed by atoms with E-state index in [0.29, 0.717) is 11.3 Å². The topological polar surface area (TPSA) is 99.3 Å². The maximum absolute atomic E-state index is 11.7. The predicted molar refractivity (Wildman–Crippen MR) is 78.6 cm³/mol. The summed E-state index contributed by atoms with van der Waals surface area (Å²) in [5.74, 6) is 0.395. The lowest BCUT2D eigenvalue weighted by Crippen LogP contribution is -2.23. The maximum atomic E-state index is 11.7. The molecule has 0 saturated heterocycles. The summed E-state index contributed by atoms with van der Waals surface area (Å²) in [7, 11) is 1.59. The van der Waals surface area contributed by atoms with Crippen LogP contribution in [0.4, 0.5) is 0 Å². The van der Waals surface area contributed by atoms with Crippen LogP contribution in [0.5, 0.6) is 5.75 Å². The van der Waals surface area contributed by atoms with E-state index < -0.39 is 0 Å². The third-order valence-corrected chi connectivity index (χ3v) is 2.95. The smallest absolute Gasteiger partial charge is 0.267 e. The van der Waals surface area contributed by atoms with Gasteiger partial charge in [-0.05, 0) is 36.8 Å². The second kappa shape index (κ2) is 6.56. The van der Waals surface area contributed by atoms with E-state index in [-0.39, 0.29) is 17.9 Å². The minimum Gasteiger partial charge on any atom is -0.497 e. The van der Waals surface area contributed by atoms with Crippen molar-refractivity contribution in [2.45, 2.75) is 13.3 Å². The fourth-order valence-corrected chi connectivity index (χ4v) is 1.75. The number of carbonyl (C=O) groups excluding carboxylic acids is 1. The van der Waals surface area contributed by atoms with Crippen molar-refractivity contribution in [3.05, 3.63) is 51.4 Å². The number of hydrogen-bond donors (Lipinski definition) is 3. The number of hydrogen-bond acceptors (Lipinski definition) is 4. The van der Waals surface area contributed by atoms with E-state index >= 15 is 0 Å². The number of nitrogens with one attached hydrogen (secondary N) is 3. The number of rotatable bonds is 5. The minimum absolute atomic E-state index is 0.0232. The number of H-pyrrole nitrogens is 2. The molecule has 110 valence electrons. The SMILES string of the molecule is COc1ccc(C=NNC(=O)Cc2c(C)[nH][nH]c2=O)cc1. The Morgan fingerprint density at radius 3 is 2.62 bits per heavy atom. The number of amides is 1. The number of ether oxygens (including phenoxy) is 1. The molecule has 2 aromatic rings. The Morgan fingerprint density at radius 1 is 1.33 bits per heavy atom. The summed E-state index contributed by atoms with van der Waals surface area (Å²) in [6.45, 7) is 1.72. The quantitative estimate of drug-likeness (QED) is 0.558. The molecule has 0 radical (unpaired) electrons. The highest BCUT2D eigenvalue weighted by Gasteiger charge is 2.10. The first-order valence-corrected chi connectivity index (χ1v) is 6.32. The van der Waals surface area contributed by atoms with Crippen LogP contribution in [-0.2, 0) is 11.2 Å². The first-order chi connectivity index (χ1) is 10.1. The van der Waals surface area contributed by atoms with Crippen molar-refractivity contribution in [2.75, 3.05) is 7.11 Å². The number of aryl methyl sites for hydroxylation is 1. The van der Waals surface area contributed by atoms with Gasteiger partial charge in [-0.15, -0.1) is 0 Å². The largest absolute Gasteiger partial charge is 0.497 e. The summed E-state index contributed by atoms with van der Waals surface area (Å²) in [6.07, 6.45) is 1.50. The molecule has 0 aliphatic rings. The van der Waals surface area contributed by atoms with Crippen molar-refractivity contribution in [1.29, 1.82) is 0 Å². The van der Waals surface area contributed by atoms with Gasteiger partial charge in [0.2, 0.25) is 5.91 Å². The molecule has 2 rings (SSSR count). The summed E-state index contributed by atoms with van der Waals surface area (Å²) in [4.78, 5) is 23.1. The normalized spacial score (nSPS) is 10.8. The standard InChI is InChI=1S/C14H16N4O3/c1-9-12(14(20)18-16-9)7-13(19)17-15-8-10-3-5-11(21-2)6-4-10/h3-6,8H,7H2,1-2H3,(H,17,19)(H2,16,18,20). The Labute approximate surface area is 121 Å². The van der Waals surface area contributed by atoms with Crippen LogP contribution >= 0.6 is 0 Å². The van der Waals surface area contributed by atoms with Gasteiger partial charge in [0, 0.05) is 11.3 Å². The molecule has 0 aliphatic carbocycles. The molecule has 3 N–H and O–H groups in total. The molecule has 1 heterocycles. The minimum atomic E-state index is -0.354. The number of nitrogens with zero attached hydrogens (tertiary/aromatic N) is 1. The average Bonchev–Trinajstić information content (AvgIpc) is 2.80. The summed E-state index contributed by atoms with van der Waals surface area (Å²) < 4.78 is 5.04. The van der Waals surface area contributed by atoms with E-state index in [0.717, 1.165) is 11.3 Å². The van der Waals surface area contributed by atoms with Gasteiger partial charge in [-0.2, -0.15) is 5.10 Å². The van der Waals surface area contributed by atoms with Crippen molar-refractivity contribution in [1.82, 2.24) is 15.6 Å². The summed E-state index contributed by atoms with van der Waals surface area (Å²) in [5.41, 5.74) is 3.98. The van der Waals surface area contributed by atoms with E-state index in [1.807, 2.05) is 12.1 Å². The second-order valence-electron chi connectivity index (χ2n) is 4.43. The van der Waals surface area contributed by atoms with E-state index in [1.165, 1.54) is 6.21 Å².